The molecule has 0 spiro atoms. The van der Waals surface area contributed by atoms with E-state index in [0.717, 1.165) is 9.87 Å². The van der Waals surface area contributed by atoms with Gasteiger partial charge >= 0.3 is 0 Å². The SMILES string of the molecule is CC1(C)C(=O)NC(=O)CN1S(=O)(=O)CCc1ccncc1. The molecule has 0 saturated carbocycles. The number of sulfonamides is 1. The number of aromatic nitrogens is 1. The average molecular weight is 311 g/mol. The van der Waals surface area contributed by atoms with Crippen LogP contribution >= 0.6 is 0 Å². The van der Waals surface area contributed by atoms with Gasteiger partial charge in [0.05, 0.1) is 12.3 Å². The van der Waals surface area contributed by atoms with Crippen molar-refractivity contribution in [3.63, 3.8) is 0 Å². The van der Waals surface area contributed by atoms with Crippen LogP contribution in [0.5, 0.6) is 0 Å². The lowest BCUT2D eigenvalue weighted by Gasteiger charge is -2.38. The van der Waals surface area contributed by atoms with E-state index < -0.39 is 27.4 Å². The van der Waals surface area contributed by atoms with Crippen molar-refractivity contribution in [3.05, 3.63) is 30.1 Å². The monoisotopic (exact) mass is 311 g/mol. The maximum absolute atomic E-state index is 12.4. The van der Waals surface area contributed by atoms with E-state index >= 15 is 0 Å². The number of pyridine rings is 1. The lowest BCUT2D eigenvalue weighted by molar-refractivity contribution is -0.141. The van der Waals surface area contributed by atoms with E-state index in [-0.39, 0.29) is 12.3 Å². The predicted octanol–water partition coefficient (Wildman–Crippen LogP) is -0.309. The van der Waals surface area contributed by atoms with Gasteiger partial charge in [0.2, 0.25) is 21.8 Å². The van der Waals surface area contributed by atoms with Crippen molar-refractivity contribution in [3.8, 4) is 0 Å². The Morgan fingerprint density at radius 2 is 1.90 bits per heavy atom. The minimum Gasteiger partial charge on any atom is -0.294 e. The fourth-order valence-corrected chi connectivity index (χ4v) is 3.92. The molecule has 0 atom stereocenters. The Morgan fingerprint density at radius 3 is 2.52 bits per heavy atom. The van der Waals surface area contributed by atoms with Crippen molar-refractivity contribution < 1.29 is 18.0 Å². The molecule has 0 aliphatic carbocycles. The molecular formula is C13H17N3O4S. The normalized spacial score (nSPS) is 19.3. The zero-order chi connectivity index (χ0) is 15.7. The van der Waals surface area contributed by atoms with Crippen molar-refractivity contribution in [1.29, 1.82) is 0 Å². The minimum atomic E-state index is -3.72. The van der Waals surface area contributed by atoms with Crippen LogP contribution in [0.4, 0.5) is 0 Å². The summed E-state index contributed by atoms with van der Waals surface area (Å²) in [6.45, 7) is 2.63. The highest BCUT2D eigenvalue weighted by Gasteiger charge is 2.46. The number of nitrogens with one attached hydrogen (secondary N) is 1. The fraction of sp³-hybridized carbons (Fsp3) is 0.462. The topological polar surface area (TPSA) is 96.4 Å². The van der Waals surface area contributed by atoms with E-state index in [4.69, 9.17) is 0 Å². The van der Waals surface area contributed by atoms with Gasteiger partial charge in [-0.3, -0.25) is 19.9 Å². The first-order chi connectivity index (χ1) is 9.73. The summed E-state index contributed by atoms with van der Waals surface area (Å²) in [5.41, 5.74) is -0.440. The molecule has 7 nitrogen and oxygen atoms in total. The summed E-state index contributed by atoms with van der Waals surface area (Å²) in [5, 5.41) is 2.15. The van der Waals surface area contributed by atoms with Crippen LogP contribution in [-0.2, 0) is 26.0 Å². The zero-order valence-corrected chi connectivity index (χ0v) is 12.7. The Hall–Kier alpha value is -1.80. The van der Waals surface area contributed by atoms with E-state index in [2.05, 4.69) is 10.3 Å². The van der Waals surface area contributed by atoms with Gasteiger partial charge in [-0.1, -0.05) is 0 Å². The van der Waals surface area contributed by atoms with Gasteiger partial charge in [0.25, 0.3) is 0 Å². The summed E-state index contributed by atoms with van der Waals surface area (Å²) in [4.78, 5) is 27.1. The molecule has 8 heteroatoms. The number of hydrogen-bond donors (Lipinski definition) is 1. The molecule has 2 rings (SSSR count). The quantitative estimate of drug-likeness (QED) is 0.770. The number of hydrogen-bond acceptors (Lipinski definition) is 5. The molecule has 1 aromatic heterocycles. The first-order valence-electron chi connectivity index (χ1n) is 6.47. The van der Waals surface area contributed by atoms with Gasteiger partial charge in [-0.2, -0.15) is 4.31 Å². The van der Waals surface area contributed by atoms with Crippen LogP contribution in [-0.4, -0.2) is 47.4 Å². The van der Waals surface area contributed by atoms with Crippen molar-refractivity contribution in [1.82, 2.24) is 14.6 Å². The van der Waals surface area contributed by atoms with Gasteiger partial charge in [-0.25, -0.2) is 8.42 Å². The van der Waals surface area contributed by atoms with Crippen LogP contribution in [0.25, 0.3) is 0 Å². The second-order valence-electron chi connectivity index (χ2n) is 5.36. The fourth-order valence-electron chi connectivity index (χ4n) is 2.11. The minimum absolute atomic E-state index is 0.166. The predicted molar refractivity (Wildman–Crippen MR) is 75.7 cm³/mol. The molecule has 1 saturated heterocycles. The Bertz CT molecular complexity index is 655. The highest BCUT2D eigenvalue weighted by molar-refractivity contribution is 7.89. The van der Waals surface area contributed by atoms with Crippen LogP contribution in [0, 0.1) is 0 Å². The molecule has 0 unspecified atom stereocenters. The number of aryl methyl sites for hydroxylation is 1. The molecule has 1 aliphatic rings. The Kier molecular flexibility index (Phi) is 4.11. The van der Waals surface area contributed by atoms with Crippen molar-refractivity contribution >= 4 is 21.8 Å². The Labute approximate surface area is 123 Å². The van der Waals surface area contributed by atoms with Crippen LogP contribution < -0.4 is 5.32 Å². The van der Waals surface area contributed by atoms with Crippen LogP contribution in [0.15, 0.2) is 24.5 Å². The molecule has 1 aromatic rings. The van der Waals surface area contributed by atoms with Crippen molar-refractivity contribution in [2.75, 3.05) is 12.3 Å². The molecule has 1 fully saturated rings. The van der Waals surface area contributed by atoms with E-state index in [1.807, 2.05) is 0 Å². The molecule has 114 valence electrons. The average Bonchev–Trinajstić information content (AvgIpc) is 2.42. The molecule has 0 bridgehead atoms. The Morgan fingerprint density at radius 1 is 1.29 bits per heavy atom. The molecule has 0 radical (unpaired) electrons. The second-order valence-corrected chi connectivity index (χ2v) is 7.38. The zero-order valence-electron chi connectivity index (χ0n) is 11.9. The summed E-state index contributed by atoms with van der Waals surface area (Å²) in [6.07, 6.45) is 3.47. The van der Waals surface area contributed by atoms with Crippen molar-refractivity contribution in [2.24, 2.45) is 0 Å². The van der Waals surface area contributed by atoms with Gasteiger partial charge in [-0.05, 0) is 38.0 Å². The number of imide groups is 1. The summed E-state index contributed by atoms with van der Waals surface area (Å²) in [6, 6.07) is 3.46. The van der Waals surface area contributed by atoms with Gasteiger partial charge in [-0.15, -0.1) is 0 Å². The smallest absolute Gasteiger partial charge is 0.247 e. The number of carbonyl (C=O) groups excluding carboxylic acids is 2. The largest absolute Gasteiger partial charge is 0.294 e. The number of carbonyl (C=O) groups is 2. The van der Waals surface area contributed by atoms with Gasteiger partial charge in [0, 0.05) is 12.4 Å². The number of rotatable bonds is 4. The lowest BCUT2D eigenvalue weighted by atomic mass is 10.0. The maximum Gasteiger partial charge on any atom is 0.247 e. The third-order valence-corrected chi connectivity index (χ3v) is 5.43. The van der Waals surface area contributed by atoms with E-state index in [0.29, 0.717) is 6.42 Å². The molecular weight excluding hydrogens is 294 g/mol. The second kappa shape index (κ2) is 5.53. The summed E-state index contributed by atoms with van der Waals surface area (Å²) in [7, 11) is -3.72. The third-order valence-electron chi connectivity index (χ3n) is 3.45. The van der Waals surface area contributed by atoms with Gasteiger partial charge in [0.1, 0.15) is 5.54 Å². The van der Waals surface area contributed by atoms with Crippen molar-refractivity contribution in [2.45, 2.75) is 25.8 Å². The van der Waals surface area contributed by atoms with Crippen LogP contribution in [0.1, 0.15) is 19.4 Å². The van der Waals surface area contributed by atoms with E-state index in [1.165, 1.54) is 13.8 Å². The Balaban J connectivity index is 2.18. The number of nitrogens with zero attached hydrogens (tertiary/aromatic N) is 2. The molecule has 1 N–H and O–H groups in total. The summed E-state index contributed by atoms with van der Waals surface area (Å²) < 4.78 is 25.9. The van der Waals surface area contributed by atoms with Gasteiger partial charge in [0.15, 0.2) is 0 Å². The van der Waals surface area contributed by atoms with Crippen LogP contribution in [0.3, 0.4) is 0 Å². The highest BCUT2D eigenvalue weighted by atomic mass is 32.2. The van der Waals surface area contributed by atoms with E-state index in [9.17, 15) is 18.0 Å². The molecule has 0 aromatic carbocycles. The summed E-state index contributed by atoms with van der Waals surface area (Å²) >= 11 is 0. The maximum atomic E-state index is 12.4. The number of piperazine rings is 1. The first kappa shape index (κ1) is 15.6. The number of amides is 2. The first-order valence-corrected chi connectivity index (χ1v) is 8.08. The molecule has 21 heavy (non-hydrogen) atoms. The lowest BCUT2D eigenvalue weighted by Crippen LogP contribution is -2.65. The molecule has 2 heterocycles. The standard InChI is InChI=1S/C13H17N3O4S/c1-13(2)12(18)15-11(17)9-16(13)21(19,20)8-5-10-3-6-14-7-4-10/h3-4,6-7H,5,8-9H2,1-2H3,(H,15,17,18). The highest BCUT2D eigenvalue weighted by Crippen LogP contribution is 2.22. The molecule has 1 aliphatic heterocycles. The molecule has 2 amide bonds. The van der Waals surface area contributed by atoms with Gasteiger partial charge < -0.3 is 0 Å². The van der Waals surface area contributed by atoms with Crippen LogP contribution in [0.2, 0.25) is 0 Å². The summed E-state index contributed by atoms with van der Waals surface area (Å²) in [5.74, 6) is -1.38. The van der Waals surface area contributed by atoms with E-state index in [1.54, 1.807) is 24.5 Å². The third kappa shape index (κ3) is 3.27.